The van der Waals surface area contributed by atoms with E-state index in [1.54, 1.807) is 0 Å². The highest BCUT2D eigenvalue weighted by Gasteiger charge is 2.29. The van der Waals surface area contributed by atoms with Crippen LogP contribution in [0.2, 0.25) is 10.0 Å². The molecule has 1 aromatic rings. The molecule has 1 fully saturated rings. The van der Waals surface area contributed by atoms with Gasteiger partial charge in [-0.25, -0.2) is 4.79 Å². The summed E-state index contributed by atoms with van der Waals surface area (Å²) in [5.74, 6) is -1.67. The third-order valence-corrected chi connectivity index (χ3v) is 3.89. The fourth-order valence-corrected chi connectivity index (χ4v) is 2.89. The summed E-state index contributed by atoms with van der Waals surface area (Å²) in [5.41, 5.74) is 5.72. The van der Waals surface area contributed by atoms with Crippen LogP contribution in [0.5, 0.6) is 0 Å². The molecule has 0 radical (unpaired) electrons. The largest absolute Gasteiger partial charge is 0.478 e. The number of carboxylic acids is 1. The number of benzene rings is 1. The number of amides is 1. The summed E-state index contributed by atoms with van der Waals surface area (Å²) in [4.78, 5) is 23.3. The van der Waals surface area contributed by atoms with Crippen LogP contribution in [0, 0.1) is 5.92 Å². The van der Waals surface area contributed by atoms with Crippen LogP contribution in [-0.2, 0) is 4.79 Å². The van der Waals surface area contributed by atoms with Crippen molar-refractivity contribution in [2.24, 2.45) is 11.7 Å². The normalized spacial score (nSPS) is 21.8. The molecule has 1 amide bonds. The van der Waals surface area contributed by atoms with E-state index in [9.17, 15) is 9.59 Å². The Labute approximate surface area is 126 Å². The molecule has 0 saturated heterocycles. The number of aromatic carboxylic acids is 1. The van der Waals surface area contributed by atoms with Crippen LogP contribution in [0.15, 0.2) is 12.1 Å². The van der Waals surface area contributed by atoms with Gasteiger partial charge in [-0.15, -0.1) is 0 Å². The molecule has 1 aliphatic rings. The van der Waals surface area contributed by atoms with Crippen LogP contribution in [0.3, 0.4) is 0 Å². The second kappa shape index (κ2) is 5.99. The Balaban J connectivity index is 2.24. The molecule has 4 N–H and O–H groups in total. The number of nitrogens with one attached hydrogen (secondary N) is 1. The van der Waals surface area contributed by atoms with Gasteiger partial charge in [0, 0.05) is 17.0 Å². The molecular formula is C13H14Cl2N2O3. The summed E-state index contributed by atoms with van der Waals surface area (Å²) in [6.07, 6.45) is 2.08. The van der Waals surface area contributed by atoms with Crippen molar-refractivity contribution in [3.8, 4) is 0 Å². The molecule has 0 aliphatic heterocycles. The lowest BCUT2D eigenvalue weighted by Crippen LogP contribution is -2.24. The fourth-order valence-electron chi connectivity index (χ4n) is 2.35. The first-order valence-corrected chi connectivity index (χ1v) is 6.93. The number of rotatable bonds is 3. The number of halogens is 2. The predicted molar refractivity (Wildman–Crippen MR) is 77.4 cm³/mol. The van der Waals surface area contributed by atoms with Crippen molar-refractivity contribution >= 4 is 40.8 Å². The zero-order valence-corrected chi connectivity index (χ0v) is 12.0. The van der Waals surface area contributed by atoms with Gasteiger partial charge in [0.25, 0.3) is 0 Å². The lowest BCUT2D eigenvalue weighted by atomic mass is 10.1. The van der Waals surface area contributed by atoms with Crippen molar-refractivity contribution in [2.75, 3.05) is 5.32 Å². The van der Waals surface area contributed by atoms with Crippen molar-refractivity contribution in [1.82, 2.24) is 0 Å². The molecule has 2 rings (SSSR count). The lowest BCUT2D eigenvalue weighted by Gasteiger charge is -2.14. The van der Waals surface area contributed by atoms with Gasteiger partial charge in [0.15, 0.2) is 0 Å². The van der Waals surface area contributed by atoms with Gasteiger partial charge in [-0.1, -0.05) is 23.2 Å². The first-order chi connectivity index (χ1) is 9.38. The van der Waals surface area contributed by atoms with Gasteiger partial charge in [-0.05, 0) is 31.4 Å². The minimum Gasteiger partial charge on any atom is -0.478 e. The van der Waals surface area contributed by atoms with E-state index >= 15 is 0 Å². The van der Waals surface area contributed by atoms with E-state index in [0.717, 1.165) is 6.42 Å². The zero-order chi connectivity index (χ0) is 14.9. The summed E-state index contributed by atoms with van der Waals surface area (Å²) in [6.45, 7) is 0. The smallest absolute Gasteiger partial charge is 0.337 e. The maximum atomic E-state index is 12.1. The maximum absolute atomic E-state index is 12.1. The van der Waals surface area contributed by atoms with Crippen molar-refractivity contribution < 1.29 is 14.7 Å². The van der Waals surface area contributed by atoms with E-state index < -0.39 is 5.97 Å². The van der Waals surface area contributed by atoms with Gasteiger partial charge >= 0.3 is 5.97 Å². The molecule has 0 spiro atoms. The monoisotopic (exact) mass is 316 g/mol. The highest BCUT2D eigenvalue weighted by molar-refractivity contribution is 6.37. The Morgan fingerprint density at radius 3 is 2.55 bits per heavy atom. The molecule has 0 bridgehead atoms. The molecule has 0 heterocycles. The molecule has 1 saturated carbocycles. The first-order valence-electron chi connectivity index (χ1n) is 6.17. The molecular weight excluding hydrogens is 303 g/mol. The Hall–Kier alpha value is -1.30. The Morgan fingerprint density at radius 2 is 2.00 bits per heavy atom. The number of hydrogen-bond donors (Lipinski definition) is 3. The first kappa shape index (κ1) is 15.1. The highest BCUT2D eigenvalue weighted by Crippen LogP contribution is 2.32. The summed E-state index contributed by atoms with van der Waals surface area (Å²) >= 11 is 11.7. The van der Waals surface area contributed by atoms with Crippen LogP contribution in [0.4, 0.5) is 5.69 Å². The molecule has 20 heavy (non-hydrogen) atoms. The van der Waals surface area contributed by atoms with E-state index in [0.29, 0.717) is 12.8 Å². The summed E-state index contributed by atoms with van der Waals surface area (Å²) in [6, 6.07) is 2.67. The average Bonchev–Trinajstić information content (AvgIpc) is 2.78. The molecule has 5 nitrogen and oxygen atoms in total. The minimum absolute atomic E-state index is 0.0189. The summed E-state index contributed by atoms with van der Waals surface area (Å²) < 4.78 is 0. The fraction of sp³-hybridized carbons (Fsp3) is 0.385. The number of carboxylic acid groups (broad SMARTS) is 1. The highest BCUT2D eigenvalue weighted by atomic mass is 35.5. The minimum atomic E-state index is -1.20. The van der Waals surface area contributed by atoms with E-state index in [2.05, 4.69) is 5.32 Å². The van der Waals surface area contributed by atoms with Gasteiger partial charge in [-0.2, -0.15) is 0 Å². The molecule has 2 atom stereocenters. The van der Waals surface area contributed by atoms with E-state index in [1.807, 2.05) is 0 Å². The average molecular weight is 317 g/mol. The summed E-state index contributed by atoms with van der Waals surface area (Å²) in [5, 5.41) is 12.0. The Bertz CT molecular complexity index is 563. The maximum Gasteiger partial charge on any atom is 0.337 e. The quantitative estimate of drug-likeness (QED) is 0.799. The SMILES string of the molecule is NC1CCC(C(=O)Nc2c(Cl)cc(Cl)cc2C(=O)O)C1. The van der Waals surface area contributed by atoms with Gasteiger partial charge in [0.1, 0.15) is 0 Å². The van der Waals surface area contributed by atoms with Crippen molar-refractivity contribution in [3.63, 3.8) is 0 Å². The van der Waals surface area contributed by atoms with Gasteiger partial charge in [0.2, 0.25) is 5.91 Å². The Morgan fingerprint density at radius 1 is 1.30 bits per heavy atom. The predicted octanol–water partition coefficient (Wildman–Crippen LogP) is 2.76. The van der Waals surface area contributed by atoms with Crippen LogP contribution in [0.25, 0.3) is 0 Å². The van der Waals surface area contributed by atoms with Gasteiger partial charge < -0.3 is 16.2 Å². The van der Waals surface area contributed by atoms with Crippen molar-refractivity contribution in [1.29, 1.82) is 0 Å². The van der Waals surface area contributed by atoms with Crippen LogP contribution in [-0.4, -0.2) is 23.0 Å². The number of nitrogens with two attached hydrogens (primary N) is 1. The van der Waals surface area contributed by atoms with Gasteiger partial charge in [-0.3, -0.25) is 4.79 Å². The van der Waals surface area contributed by atoms with E-state index in [4.69, 9.17) is 34.0 Å². The standard InChI is InChI=1S/C13H14Cl2N2O3/c14-7-4-9(13(19)20)11(10(15)5-7)17-12(18)6-1-2-8(16)3-6/h4-6,8H,1-3,16H2,(H,17,18)(H,19,20). The topological polar surface area (TPSA) is 92.4 Å². The second-order valence-electron chi connectivity index (χ2n) is 4.87. The van der Waals surface area contributed by atoms with Crippen molar-refractivity contribution in [3.05, 3.63) is 27.7 Å². The second-order valence-corrected chi connectivity index (χ2v) is 5.72. The van der Waals surface area contributed by atoms with E-state index in [-0.39, 0.29) is 39.2 Å². The molecule has 2 unspecified atom stereocenters. The zero-order valence-electron chi connectivity index (χ0n) is 10.5. The number of anilines is 1. The van der Waals surface area contributed by atoms with Crippen LogP contribution in [0.1, 0.15) is 29.6 Å². The lowest BCUT2D eigenvalue weighted by molar-refractivity contribution is -0.119. The molecule has 7 heteroatoms. The van der Waals surface area contributed by atoms with E-state index in [1.165, 1.54) is 12.1 Å². The van der Waals surface area contributed by atoms with Crippen molar-refractivity contribution in [2.45, 2.75) is 25.3 Å². The Kier molecular flexibility index (Phi) is 4.52. The molecule has 108 valence electrons. The molecule has 0 aromatic heterocycles. The third-order valence-electron chi connectivity index (χ3n) is 3.38. The third kappa shape index (κ3) is 3.23. The van der Waals surface area contributed by atoms with Crippen LogP contribution >= 0.6 is 23.2 Å². The molecule has 1 aliphatic carbocycles. The van der Waals surface area contributed by atoms with Crippen LogP contribution < -0.4 is 11.1 Å². The number of carbonyl (C=O) groups excluding carboxylic acids is 1. The summed E-state index contributed by atoms with van der Waals surface area (Å²) in [7, 11) is 0. The number of carbonyl (C=O) groups is 2. The number of hydrogen-bond acceptors (Lipinski definition) is 3. The van der Waals surface area contributed by atoms with Gasteiger partial charge in [0.05, 0.1) is 16.3 Å². The molecule has 1 aromatic carbocycles.